The zero-order valence-electron chi connectivity index (χ0n) is 12.4. The van der Waals surface area contributed by atoms with Gasteiger partial charge in [0.15, 0.2) is 0 Å². The molecule has 21 heavy (non-hydrogen) atoms. The van der Waals surface area contributed by atoms with Gasteiger partial charge in [0.1, 0.15) is 11.6 Å². The van der Waals surface area contributed by atoms with Crippen LogP contribution in [-0.2, 0) is 0 Å². The maximum Gasteiger partial charge on any atom is 0.128 e. The summed E-state index contributed by atoms with van der Waals surface area (Å²) in [5, 5.41) is 3.46. The predicted octanol–water partition coefficient (Wildman–Crippen LogP) is 3.64. The maximum absolute atomic E-state index is 13.7. The molecular weight excluding hydrogens is 265 g/mol. The molecule has 1 N–H and O–H groups in total. The van der Waals surface area contributed by atoms with Gasteiger partial charge >= 0.3 is 0 Å². The lowest BCUT2D eigenvalue weighted by molar-refractivity contribution is 0.363. The van der Waals surface area contributed by atoms with E-state index in [-0.39, 0.29) is 5.82 Å². The smallest absolute Gasteiger partial charge is 0.128 e. The monoisotopic (exact) mass is 285 g/mol. The molecule has 1 aliphatic rings. The fraction of sp³-hybridized carbons (Fsp3) is 0.353. The van der Waals surface area contributed by atoms with Gasteiger partial charge in [-0.15, -0.1) is 0 Å². The summed E-state index contributed by atoms with van der Waals surface area (Å²) in [6.45, 7) is 0. The summed E-state index contributed by atoms with van der Waals surface area (Å²) in [7, 11) is 3.95. The van der Waals surface area contributed by atoms with Crippen LogP contribution in [0.4, 0.5) is 15.9 Å². The molecular formula is C17H20FN3. The van der Waals surface area contributed by atoms with E-state index < -0.39 is 0 Å². The van der Waals surface area contributed by atoms with Crippen molar-refractivity contribution in [2.24, 2.45) is 0 Å². The third-order valence-electron chi connectivity index (χ3n) is 4.06. The Balaban J connectivity index is 1.56. The molecule has 1 fully saturated rings. The van der Waals surface area contributed by atoms with Gasteiger partial charge in [0.05, 0.1) is 11.9 Å². The van der Waals surface area contributed by atoms with Crippen LogP contribution in [-0.4, -0.2) is 25.1 Å². The molecule has 0 spiro atoms. The summed E-state index contributed by atoms with van der Waals surface area (Å²) in [6.07, 6.45) is 3.79. The van der Waals surface area contributed by atoms with Gasteiger partial charge in [0, 0.05) is 20.1 Å². The molecule has 3 nitrogen and oxygen atoms in total. The third-order valence-corrected chi connectivity index (χ3v) is 4.06. The van der Waals surface area contributed by atoms with Gasteiger partial charge < -0.3 is 10.2 Å². The molecule has 1 saturated carbocycles. The number of hydrogen-bond acceptors (Lipinski definition) is 3. The van der Waals surface area contributed by atoms with Crippen LogP contribution in [0.3, 0.4) is 0 Å². The first kappa shape index (κ1) is 13.9. The average molecular weight is 285 g/mol. The maximum atomic E-state index is 13.7. The molecule has 0 saturated heterocycles. The van der Waals surface area contributed by atoms with E-state index in [1.54, 1.807) is 12.1 Å². The minimum Gasteiger partial charge on any atom is -0.381 e. The fourth-order valence-corrected chi connectivity index (χ4v) is 2.77. The Morgan fingerprint density at radius 1 is 1.14 bits per heavy atom. The molecule has 110 valence electrons. The molecule has 1 aromatic carbocycles. The summed E-state index contributed by atoms with van der Waals surface area (Å²) >= 11 is 0. The first-order valence-electron chi connectivity index (χ1n) is 7.28. The highest BCUT2D eigenvalue weighted by molar-refractivity contribution is 5.49. The number of benzene rings is 1. The summed E-state index contributed by atoms with van der Waals surface area (Å²) in [5.74, 6) is 1.19. The van der Waals surface area contributed by atoms with Crippen LogP contribution in [0.2, 0.25) is 0 Å². The Hall–Kier alpha value is -2.10. The van der Waals surface area contributed by atoms with Crippen LogP contribution in [0, 0.1) is 5.82 Å². The van der Waals surface area contributed by atoms with E-state index in [0.717, 1.165) is 29.9 Å². The van der Waals surface area contributed by atoms with Crippen molar-refractivity contribution in [3.05, 3.63) is 54.0 Å². The van der Waals surface area contributed by atoms with Crippen molar-refractivity contribution < 1.29 is 4.39 Å². The number of hydrogen-bond donors (Lipinski definition) is 1. The zero-order chi connectivity index (χ0) is 14.8. The summed E-state index contributed by atoms with van der Waals surface area (Å²) in [5.41, 5.74) is 1.87. The second kappa shape index (κ2) is 5.72. The molecule has 0 aliphatic heterocycles. The predicted molar refractivity (Wildman–Crippen MR) is 84.3 cm³/mol. The topological polar surface area (TPSA) is 28.2 Å². The number of rotatable bonds is 4. The molecule has 1 heterocycles. The largest absolute Gasteiger partial charge is 0.381 e. The van der Waals surface area contributed by atoms with Crippen LogP contribution in [0.25, 0.3) is 0 Å². The average Bonchev–Trinajstić information content (AvgIpc) is 2.44. The molecule has 0 unspecified atom stereocenters. The number of nitrogens with one attached hydrogen (secondary N) is 1. The van der Waals surface area contributed by atoms with Crippen molar-refractivity contribution >= 4 is 11.5 Å². The van der Waals surface area contributed by atoms with Crippen molar-refractivity contribution in [3.63, 3.8) is 0 Å². The second-order valence-corrected chi connectivity index (χ2v) is 5.83. The summed E-state index contributed by atoms with van der Waals surface area (Å²) in [6, 6.07) is 11.5. The fourth-order valence-electron chi connectivity index (χ4n) is 2.77. The highest BCUT2D eigenvalue weighted by atomic mass is 19.1. The van der Waals surface area contributed by atoms with Gasteiger partial charge in [-0.25, -0.2) is 9.37 Å². The van der Waals surface area contributed by atoms with Gasteiger partial charge in [0.25, 0.3) is 0 Å². The quantitative estimate of drug-likeness (QED) is 0.929. The van der Waals surface area contributed by atoms with Crippen molar-refractivity contribution in [1.82, 2.24) is 4.98 Å². The molecule has 0 atom stereocenters. The Kier molecular flexibility index (Phi) is 3.78. The van der Waals surface area contributed by atoms with Crippen molar-refractivity contribution in [2.45, 2.75) is 24.8 Å². The number of nitrogens with zero attached hydrogens (tertiary/aromatic N) is 2. The van der Waals surface area contributed by atoms with E-state index in [9.17, 15) is 4.39 Å². The summed E-state index contributed by atoms with van der Waals surface area (Å²) in [4.78, 5) is 6.36. The van der Waals surface area contributed by atoms with Crippen molar-refractivity contribution in [1.29, 1.82) is 0 Å². The Bertz CT molecular complexity index is 604. The van der Waals surface area contributed by atoms with Gasteiger partial charge in [-0.1, -0.05) is 18.2 Å². The second-order valence-electron chi connectivity index (χ2n) is 5.83. The van der Waals surface area contributed by atoms with E-state index in [2.05, 4.69) is 10.3 Å². The third kappa shape index (κ3) is 2.99. The highest BCUT2D eigenvalue weighted by Crippen LogP contribution is 2.39. The first-order chi connectivity index (χ1) is 10.1. The van der Waals surface area contributed by atoms with E-state index in [1.165, 1.54) is 0 Å². The molecule has 1 aliphatic carbocycles. The molecule has 3 rings (SSSR count). The lowest BCUT2D eigenvalue weighted by atomic mass is 9.75. The van der Waals surface area contributed by atoms with Gasteiger partial charge in [-0.3, -0.25) is 0 Å². The number of aromatic nitrogens is 1. The molecule has 0 amide bonds. The van der Waals surface area contributed by atoms with E-state index in [1.807, 2.05) is 49.5 Å². The van der Waals surface area contributed by atoms with Crippen LogP contribution in [0.5, 0.6) is 0 Å². The van der Waals surface area contributed by atoms with Crippen LogP contribution in [0.15, 0.2) is 42.6 Å². The SMILES string of the molecule is CN(C)c1ccc(NC2CC(c3ccccc3F)C2)cn1. The zero-order valence-corrected chi connectivity index (χ0v) is 12.4. The van der Waals surface area contributed by atoms with Crippen LogP contribution >= 0.6 is 0 Å². The Labute approximate surface area is 124 Å². The Morgan fingerprint density at radius 3 is 2.52 bits per heavy atom. The lowest BCUT2D eigenvalue weighted by Gasteiger charge is -2.37. The van der Waals surface area contributed by atoms with Crippen LogP contribution in [0.1, 0.15) is 24.3 Å². The summed E-state index contributed by atoms with van der Waals surface area (Å²) < 4.78 is 13.7. The van der Waals surface area contributed by atoms with Crippen molar-refractivity contribution in [2.75, 3.05) is 24.3 Å². The minimum atomic E-state index is -0.0852. The number of anilines is 2. The van der Waals surface area contributed by atoms with Crippen molar-refractivity contribution in [3.8, 4) is 0 Å². The number of pyridine rings is 1. The molecule has 4 heteroatoms. The van der Waals surface area contributed by atoms with Crippen LogP contribution < -0.4 is 10.2 Å². The normalized spacial score (nSPS) is 20.7. The Morgan fingerprint density at radius 2 is 1.90 bits per heavy atom. The molecule has 0 bridgehead atoms. The molecule has 0 radical (unpaired) electrons. The molecule has 1 aromatic heterocycles. The van der Waals surface area contributed by atoms with E-state index in [0.29, 0.717) is 12.0 Å². The van der Waals surface area contributed by atoms with Gasteiger partial charge in [-0.05, 0) is 42.5 Å². The standard InChI is InChI=1S/C17H20FN3/c1-21(2)17-8-7-13(11-19-17)20-14-9-12(10-14)15-5-3-4-6-16(15)18/h3-8,11-12,14,20H,9-10H2,1-2H3. The first-order valence-corrected chi connectivity index (χ1v) is 7.28. The van der Waals surface area contributed by atoms with E-state index in [4.69, 9.17) is 0 Å². The lowest BCUT2D eigenvalue weighted by Crippen LogP contribution is -2.34. The minimum absolute atomic E-state index is 0.0852. The highest BCUT2D eigenvalue weighted by Gasteiger charge is 2.31. The van der Waals surface area contributed by atoms with Gasteiger partial charge in [-0.2, -0.15) is 0 Å². The van der Waals surface area contributed by atoms with Gasteiger partial charge in [0.2, 0.25) is 0 Å². The van der Waals surface area contributed by atoms with E-state index >= 15 is 0 Å². The molecule has 2 aromatic rings. The number of halogens is 1.